The summed E-state index contributed by atoms with van der Waals surface area (Å²) in [5.41, 5.74) is 0.973. The van der Waals surface area contributed by atoms with E-state index in [0.717, 1.165) is 36.2 Å². The molecular formula is C14H17N3O. The monoisotopic (exact) mass is 243 g/mol. The van der Waals surface area contributed by atoms with Crippen LogP contribution in [0.4, 0.5) is 5.82 Å². The van der Waals surface area contributed by atoms with Crippen molar-refractivity contribution in [3.8, 4) is 0 Å². The van der Waals surface area contributed by atoms with E-state index < -0.39 is 0 Å². The predicted molar refractivity (Wildman–Crippen MR) is 71.5 cm³/mol. The van der Waals surface area contributed by atoms with Crippen LogP contribution in [0.5, 0.6) is 0 Å². The molecule has 0 saturated carbocycles. The van der Waals surface area contributed by atoms with E-state index in [1.807, 2.05) is 18.2 Å². The van der Waals surface area contributed by atoms with E-state index >= 15 is 0 Å². The Morgan fingerprint density at radius 1 is 1.28 bits per heavy atom. The second kappa shape index (κ2) is 4.53. The van der Waals surface area contributed by atoms with E-state index in [-0.39, 0.29) is 12.0 Å². The molecule has 0 bridgehead atoms. The number of hydrogen-bond acceptors (Lipinski definition) is 4. The van der Waals surface area contributed by atoms with E-state index in [0.29, 0.717) is 0 Å². The predicted octanol–water partition coefficient (Wildman–Crippen LogP) is 1.84. The standard InChI is InChI=1S/C14H17N3O/c1-10-8-17(7-6-13(10)18)14-11-4-2-3-5-12(11)15-9-16-14/h2-5,9-10,13,18H,6-8H2,1H3. The van der Waals surface area contributed by atoms with Gasteiger partial charge in [-0.2, -0.15) is 0 Å². The fraction of sp³-hybridized carbons (Fsp3) is 0.429. The fourth-order valence-electron chi connectivity index (χ4n) is 2.57. The van der Waals surface area contributed by atoms with Gasteiger partial charge in [-0.1, -0.05) is 19.1 Å². The lowest BCUT2D eigenvalue weighted by Gasteiger charge is -2.35. The lowest BCUT2D eigenvalue weighted by molar-refractivity contribution is 0.0969. The number of piperidine rings is 1. The minimum Gasteiger partial charge on any atom is -0.393 e. The molecule has 4 nitrogen and oxygen atoms in total. The highest BCUT2D eigenvalue weighted by atomic mass is 16.3. The first-order chi connectivity index (χ1) is 8.75. The summed E-state index contributed by atoms with van der Waals surface area (Å²) in [6.45, 7) is 3.79. The molecule has 4 heteroatoms. The summed E-state index contributed by atoms with van der Waals surface area (Å²) in [6, 6.07) is 8.06. The molecule has 2 atom stereocenters. The summed E-state index contributed by atoms with van der Waals surface area (Å²) in [6.07, 6.45) is 2.24. The Bertz CT molecular complexity index is 552. The minimum atomic E-state index is -0.186. The van der Waals surface area contributed by atoms with Crippen molar-refractivity contribution >= 4 is 16.7 Å². The zero-order valence-corrected chi connectivity index (χ0v) is 10.5. The molecule has 3 rings (SSSR count). The maximum Gasteiger partial charge on any atom is 0.139 e. The molecule has 2 unspecified atom stereocenters. The number of benzene rings is 1. The van der Waals surface area contributed by atoms with Gasteiger partial charge < -0.3 is 10.0 Å². The summed E-state index contributed by atoms with van der Waals surface area (Å²) in [7, 11) is 0. The summed E-state index contributed by atoms with van der Waals surface area (Å²) < 4.78 is 0. The zero-order chi connectivity index (χ0) is 12.5. The number of hydrogen-bond donors (Lipinski definition) is 1. The minimum absolute atomic E-state index is 0.186. The molecule has 1 N–H and O–H groups in total. The molecule has 1 aliphatic rings. The molecule has 2 aromatic rings. The Balaban J connectivity index is 1.99. The van der Waals surface area contributed by atoms with Gasteiger partial charge >= 0.3 is 0 Å². The summed E-state index contributed by atoms with van der Waals surface area (Å²) >= 11 is 0. The largest absolute Gasteiger partial charge is 0.393 e. The quantitative estimate of drug-likeness (QED) is 0.830. The molecule has 0 radical (unpaired) electrons. The van der Waals surface area contributed by atoms with Crippen LogP contribution in [-0.4, -0.2) is 34.3 Å². The topological polar surface area (TPSA) is 49.2 Å². The van der Waals surface area contributed by atoms with Gasteiger partial charge in [-0.15, -0.1) is 0 Å². The van der Waals surface area contributed by atoms with Crippen molar-refractivity contribution in [3.05, 3.63) is 30.6 Å². The van der Waals surface area contributed by atoms with Gasteiger partial charge in [-0.3, -0.25) is 0 Å². The van der Waals surface area contributed by atoms with Crippen LogP contribution in [0.15, 0.2) is 30.6 Å². The number of nitrogens with zero attached hydrogens (tertiary/aromatic N) is 3. The van der Waals surface area contributed by atoms with Gasteiger partial charge in [0.2, 0.25) is 0 Å². The van der Waals surface area contributed by atoms with Crippen molar-refractivity contribution < 1.29 is 5.11 Å². The van der Waals surface area contributed by atoms with E-state index in [4.69, 9.17) is 0 Å². The van der Waals surface area contributed by atoms with Crippen molar-refractivity contribution in [2.75, 3.05) is 18.0 Å². The smallest absolute Gasteiger partial charge is 0.139 e. The first kappa shape index (κ1) is 11.4. The molecule has 18 heavy (non-hydrogen) atoms. The number of rotatable bonds is 1. The highest BCUT2D eigenvalue weighted by molar-refractivity contribution is 5.89. The van der Waals surface area contributed by atoms with Crippen LogP contribution in [0, 0.1) is 5.92 Å². The van der Waals surface area contributed by atoms with Crippen molar-refractivity contribution in [2.45, 2.75) is 19.4 Å². The maximum atomic E-state index is 9.80. The Hall–Kier alpha value is -1.68. The lowest BCUT2D eigenvalue weighted by atomic mass is 9.96. The van der Waals surface area contributed by atoms with Crippen molar-refractivity contribution in [2.24, 2.45) is 5.92 Å². The van der Waals surface area contributed by atoms with Gasteiger partial charge in [0.05, 0.1) is 11.6 Å². The van der Waals surface area contributed by atoms with Crippen LogP contribution < -0.4 is 4.90 Å². The normalized spacial score (nSPS) is 24.4. The van der Waals surface area contributed by atoms with Gasteiger partial charge in [0.1, 0.15) is 12.1 Å². The zero-order valence-electron chi connectivity index (χ0n) is 10.5. The molecule has 0 aliphatic carbocycles. The number of anilines is 1. The molecule has 1 aliphatic heterocycles. The van der Waals surface area contributed by atoms with Gasteiger partial charge in [-0.05, 0) is 24.5 Å². The third kappa shape index (κ3) is 1.93. The van der Waals surface area contributed by atoms with Gasteiger partial charge in [0.25, 0.3) is 0 Å². The Kier molecular flexibility index (Phi) is 2.88. The Morgan fingerprint density at radius 3 is 2.94 bits per heavy atom. The van der Waals surface area contributed by atoms with Gasteiger partial charge in [-0.25, -0.2) is 9.97 Å². The number of aliphatic hydroxyl groups is 1. The molecular weight excluding hydrogens is 226 g/mol. The van der Waals surface area contributed by atoms with Crippen LogP contribution in [0.2, 0.25) is 0 Å². The Labute approximate surface area is 106 Å². The van der Waals surface area contributed by atoms with Crippen LogP contribution in [0.3, 0.4) is 0 Å². The molecule has 0 amide bonds. The molecule has 1 fully saturated rings. The first-order valence-corrected chi connectivity index (χ1v) is 6.38. The van der Waals surface area contributed by atoms with Crippen molar-refractivity contribution in [1.29, 1.82) is 0 Å². The van der Waals surface area contributed by atoms with Crippen molar-refractivity contribution in [1.82, 2.24) is 9.97 Å². The molecule has 1 aromatic heterocycles. The average molecular weight is 243 g/mol. The summed E-state index contributed by atoms with van der Waals surface area (Å²) in [5.74, 6) is 1.27. The number of aliphatic hydroxyl groups excluding tert-OH is 1. The molecule has 1 aromatic carbocycles. The molecule has 2 heterocycles. The molecule has 0 spiro atoms. The van der Waals surface area contributed by atoms with Crippen LogP contribution >= 0.6 is 0 Å². The second-order valence-corrected chi connectivity index (χ2v) is 4.99. The number of para-hydroxylation sites is 1. The SMILES string of the molecule is CC1CN(c2ncnc3ccccc23)CCC1O. The maximum absolute atomic E-state index is 9.80. The highest BCUT2D eigenvalue weighted by Crippen LogP contribution is 2.27. The van der Waals surface area contributed by atoms with E-state index in [9.17, 15) is 5.11 Å². The fourth-order valence-corrected chi connectivity index (χ4v) is 2.57. The van der Waals surface area contributed by atoms with E-state index in [1.54, 1.807) is 6.33 Å². The second-order valence-electron chi connectivity index (χ2n) is 4.99. The van der Waals surface area contributed by atoms with Crippen molar-refractivity contribution in [3.63, 3.8) is 0 Å². The lowest BCUT2D eigenvalue weighted by Crippen LogP contribution is -2.42. The summed E-state index contributed by atoms with van der Waals surface area (Å²) in [4.78, 5) is 11.0. The Morgan fingerprint density at radius 2 is 2.11 bits per heavy atom. The third-order valence-corrected chi connectivity index (χ3v) is 3.68. The third-order valence-electron chi connectivity index (χ3n) is 3.68. The molecule has 94 valence electrons. The van der Waals surface area contributed by atoms with Crippen LogP contribution in [-0.2, 0) is 0 Å². The van der Waals surface area contributed by atoms with Gasteiger partial charge in [0.15, 0.2) is 0 Å². The van der Waals surface area contributed by atoms with E-state index in [1.165, 1.54) is 0 Å². The van der Waals surface area contributed by atoms with Crippen LogP contribution in [0.1, 0.15) is 13.3 Å². The molecule has 1 saturated heterocycles. The first-order valence-electron chi connectivity index (χ1n) is 6.38. The number of fused-ring (bicyclic) bond motifs is 1. The highest BCUT2D eigenvalue weighted by Gasteiger charge is 2.25. The summed E-state index contributed by atoms with van der Waals surface area (Å²) in [5, 5.41) is 10.9. The van der Waals surface area contributed by atoms with Gasteiger partial charge in [0, 0.05) is 18.5 Å². The number of aromatic nitrogens is 2. The average Bonchev–Trinajstić information content (AvgIpc) is 2.41. The van der Waals surface area contributed by atoms with Crippen LogP contribution in [0.25, 0.3) is 10.9 Å². The van der Waals surface area contributed by atoms with E-state index in [2.05, 4.69) is 27.9 Å².